The normalized spacial score (nSPS) is 14.6. The largest absolute Gasteiger partial charge is 0.472 e. The van der Waals surface area contributed by atoms with Crippen molar-refractivity contribution in [2.75, 3.05) is 39.6 Å². The number of phosphoric ester groups is 2. The van der Waals surface area contributed by atoms with Crippen LogP contribution in [0.25, 0.3) is 0 Å². The third-order valence-electron chi connectivity index (χ3n) is 18.7. The average molecular weight is 1410 g/mol. The second-order valence-electron chi connectivity index (χ2n) is 28.2. The fourth-order valence-electron chi connectivity index (χ4n) is 11.8. The van der Waals surface area contributed by atoms with Crippen molar-refractivity contribution >= 4 is 39.5 Å². The summed E-state index contributed by atoms with van der Waals surface area (Å²) in [5.74, 6) is -0.539. The number of unbranched alkanes of at least 4 members (excludes halogenated alkanes) is 44. The van der Waals surface area contributed by atoms with Crippen LogP contribution in [0, 0.1) is 11.8 Å². The number of carbonyl (C=O) groups is 4. The van der Waals surface area contributed by atoms with Crippen LogP contribution < -0.4 is 0 Å². The lowest BCUT2D eigenvalue weighted by molar-refractivity contribution is -0.161. The van der Waals surface area contributed by atoms with Gasteiger partial charge < -0.3 is 33.8 Å². The van der Waals surface area contributed by atoms with Crippen LogP contribution in [0.4, 0.5) is 0 Å². The molecule has 570 valence electrons. The molecule has 0 amide bonds. The highest BCUT2D eigenvalue weighted by molar-refractivity contribution is 7.47. The second-order valence-corrected chi connectivity index (χ2v) is 31.1. The molecule has 0 aliphatic carbocycles. The maximum Gasteiger partial charge on any atom is 0.472 e. The lowest BCUT2D eigenvalue weighted by atomic mass is 9.99. The lowest BCUT2D eigenvalue weighted by Crippen LogP contribution is -2.30. The van der Waals surface area contributed by atoms with E-state index in [0.29, 0.717) is 25.7 Å². The van der Waals surface area contributed by atoms with E-state index in [1.54, 1.807) is 0 Å². The van der Waals surface area contributed by atoms with Crippen LogP contribution in [0.1, 0.15) is 401 Å². The Bertz CT molecular complexity index is 1860. The highest BCUT2D eigenvalue weighted by atomic mass is 31.2. The van der Waals surface area contributed by atoms with E-state index in [9.17, 15) is 43.2 Å². The summed E-state index contributed by atoms with van der Waals surface area (Å²) in [5, 5.41) is 10.6. The molecule has 0 spiro atoms. The molecule has 0 aromatic rings. The van der Waals surface area contributed by atoms with Gasteiger partial charge in [0.25, 0.3) is 0 Å². The summed E-state index contributed by atoms with van der Waals surface area (Å²) in [4.78, 5) is 72.5. The van der Waals surface area contributed by atoms with Gasteiger partial charge in [-0.2, -0.15) is 0 Å². The van der Waals surface area contributed by atoms with Crippen LogP contribution in [0.3, 0.4) is 0 Å². The zero-order chi connectivity index (χ0) is 70.7. The van der Waals surface area contributed by atoms with E-state index in [1.807, 2.05) is 0 Å². The first-order chi connectivity index (χ1) is 46.4. The van der Waals surface area contributed by atoms with Gasteiger partial charge in [-0.25, -0.2) is 9.13 Å². The Labute approximate surface area is 588 Å². The molecule has 0 saturated heterocycles. The Balaban J connectivity index is 5.10. The smallest absolute Gasteiger partial charge is 0.462 e. The van der Waals surface area contributed by atoms with Gasteiger partial charge in [0.15, 0.2) is 12.2 Å². The zero-order valence-corrected chi connectivity index (χ0v) is 64.5. The van der Waals surface area contributed by atoms with Crippen LogP contribution >= 0.6 is 15.6 Å². The molecular weight excluding hydrogens is 1260 g/mol. The van der Waals surface area contributed by atoms with Gasteiger partial charge in [0, 0.05) is 25.7 Å². The predicted octanol–water partition coefficient (Wildman–Crippen LogP) is 22.7. The number of hydrogen-bond acceptors (Lipinski definition) is 15. The number of carbonyl (C=O) groups excluding carboxylic acids is 4. The molecule has 0 heterocycles. The van der Waals surface area contributed by atoms with Gasteiger partial charge in [0.2, 0.25) is 0 Å². The van der Waals surface area contributed by atoms with Crippen LogP contribution in [0.5, 0.6) is 0 Å². The number of aliphatic hydroxyl groups excluding tert-OH is 1. The molecule has 0 aromatic carbocycles. The molecule has 0 aliphatic heterocycles. The van der Waals surface area contributed by atoms with Crippen LogP contribution in [0.15, 0.2) is 0 Å². The number of aliphatic hydroxyl groups is 1. The summed E-state index contributed by atoms with van der Waals surface area (Å²) < 4.78 is 68.3. The Morgan fingerprint density at radius 1 is 0.292 bits per heavy atom. The molecule has 17 nitrogen and oxygen atoms in total. The predicted molar refractivity (Wildman–Crippen MR) is 391 cm³/mol. The molecule has 4 unspecified atom stereocenters. The molecule has 0 radical (unpaired) electrons. The fourth-order valence-corrected chi connectivity index (χ4v) is 13.3. The molecule has 19 heteroatoms. The van der Waals surface area contributed by atoms with Crippen LogP contribution in [-0.2, 0) is 65.4 Å². The SMILES string of the molecule is CCCCCCCCCCCCCCCCCCCCCC(=O)OC[C@H](COP(=O)(O)OC[C@@H](O)COP(=O)(O)OC[C@@H](COC(=O)CCCCCCC)OC(=O)CCCCCCCCC(C)CC)OC(=O)CCCCCCCCCCCCCCCCCCCCC(C)CC. The molecule has 7 atom stereocenters. The molecule has 0 saturated carbocycles. The second kappa shape index (κ2) is 68.8. The first kappa shape index (κ1) is 94.1. The Hall–Kier alpha value is -1.94. The molecule has 0 rings (SSSR count). The number of rotatable bonds is 76. The molecular formula is C77H150O17P2. The van der Waals surface area contributed by atoms with Gasteiger partial charge >= 0.3 is 39.5 Å². The van der Waals surface area contributed by atoms with E-state index < -0.39 is 97.5 Å². The van der Waals surface area contributed by atoms with Gasteiger partial charge in [-0.05, 0) is 37.5 Å². The molecule has 0 aromatic heterocycles. The third kappa shape index (κ3) is 67.9. The maximum atomic E-state index is 13.1. The van der Waals surface area contributed by atoms with Crippen molar-refractivity contribution in [1.82, 2.24) is 0 Å². The molecule has 0 fully saturated rings. The van der Waals surface area contributed by atoms with Crippen molar-refractivity contribution in [1.29, 1.82) is 0 Å². The van der Waals surface area contributed by atoms with Crippen molar-refractivity contribution in [3.8, 4) is 0 Å². The van der Waals surface area contributed by atoms with Crippen molar-refractivity contribution in [3.05, 3.63) is 0 Å². The van der Waals surface area contributed by atoms with Crippen molar-refractivity contribution in [2.45, 2.75) is 419 Å². The quantitative estimate of drug-likeness (QED) is 0.0222. The zero-order valence-electron chi connectivity index (χ0n) is 62.7. The summed E-state index contributed by atoms with van der Waals surface area (Å²) in [6.45, 7) is 9.52. The fraction of sp³-hybridized carbons (Fsp3) is 0.948. The van der Waals surface area contributed by atoms with Gasteiger partial charge in [0.1, 0.15) is 19.3 Å². The van der Waals surface area contributed by atoms with E-state index in [2.05, 4.69) is 41.5 Å². The summed E-state index contributed by atoms with van der Waals surface area (Å²) in [5.41, 5.74) is 0. The van der Waals surface area contributed by atoms with Gasteiger partial charge in [-0.15, -0.1) is 0 Å². The monoisotopic (exact) mass is 1410 g/mol. The minimum absolute atomic E-state index is 0.102. The number of hydrogen-bond donors (Lipinski definition) is 3. The van der Waals surface area contributed by atoms with E-state index in [4.69, 9.17) is 37.0 Å². The first-order valence-electron chi connectivity index (χ1n) is 40.1. The van der Waals surface area contributed by atoms with Crippen LogP contribution in [-0.4, -0.2) is 96.7 Å². The summed E-state index contributed by atoms with van der Waals surface area (Å²) in [6, 6.07) is 0. The van der Waals surface area contributed by atoms with Crippen molar-refractivity contribution < 1.29 is 80.2 Å². The van der Waals surface area contributed by atoms with E-state index in [1.165, 1.54) is 212 Å². The third-order valence-corrected chi connectivity index (χ3v) is 20.6. The van der Waals surface area contributed by atoms with E-state index in [-0.39, 0.29) is 25.7 Å². The van der Waals surface area contributed by atoms with Crippen LogP contribution in [0.2, 0.25) is 0 Å². The molecule has 0 aliphatic rings. The Kier molecular flexibility index (Phi) is 67.4. The van der Waals surface area contributed by atoms with E-state index in [0.717, 1.165) is 108 Å². The highest BCUT2D eigenvalue weighted by Gasteiger charge is 2.30. The topological polar surface area (TPSA) is 237 Å². The minimum atomic E-state index is -4.96. The molecule has 0 bridgehead atoms. The average Bonchev–Trinajstić information content (AvgIpc) is 1.36. The summed E-state index contributed by atoms with van der Waals surface area (Å²) in [6.07, 6.45) is 57.6. The first-order valence-corrected chi connectivity index (χ1v) is 43.1. The molecule has 3 N–H and O–H groups in total. The van der Waals surface area contributed by atoms with Crippen molar-refractivity contribution in [2.24, 2.45) is 11.8 Å². The van der Waals surface area contributed by atoms with Gasteiger partial charge in [-0.3, -0.25) is 37.3 Å². The van der Waals surface area contributed by atoms with Gasteiger partial charge in [0.05, 0.1) is 26.4 Å². The van der Waals surface area contributed by atoms with E-state index >= 15 is 0 Å². The maximum absolute atomic E-state index is 13.1. The molecule has 96 heavy (non-hydrogen) atoms. The van der Waals surface area contributed by atoms with Crippen molar-refractivity contribution in [3.63, 3.8) is 0 Å². The van der Waals surface area contributed by atoms with Gasteiger partial charge in [-0.1, -0.05) is 350 Å². The summed E-state index contributed by atoms with van der Waals surface area (Å²) >= 11 is 0. The minimum Gasteiger partial charge on any atom is -0.462 e. The summed E-state index contributed by atoms with van der Waals surface area (Å²) in [7, 11) is -9.90. The lowest BCUT2D eigenvalue weighted by Gasteiger charge is -2.21. The number of ether oxygens (including phenoxy) is 4. The number of phosphoric acid groups is 2. The number of esters is 4. The Morgan fingerprint density at radius 3 is 0.740 bits per heavy atom. The Morgan fingerprint density at radius 2 is 0.500 bits per heavy atom. The standard InChI is InChI=1S/C77H150O17P2/c1-7-11-13-15-16-17-18-19-20-21-22-26-29-32-35-38-41-48-54-60-75(80)88-66-73(93-76(81)61-55-49-42-39-36-33-30-27-24-23-25-28-31-34-37-40-46-51-57-69(5)9-3)68-92-96(85,86)90-64-71(78)63-89-95(83,84)91-67-72(65-87-74(79)59-53-45-14-12-8-2)94-77(82)62-56-50-44-43-47-52-58-70(6)10-4/h69-73,78H,7-68H2,1-6H3,(H,83,84)(H,85,86)/t69?,70?,71-,72+,73+/m0/s1. The highest BCUT2D eigenvalue weighted by Crippen LogP contribution is 2.45.